The van der Waals surface area contributed by atoms with E-state index in [1.807, 2.05) is 24.3 Å². The summed E-state index contributed by atoms with van der Waals surface area (Å²) in [6.45, 7) is 6.14. The van der Waals surface area contributed by atoms with E-state index in [1.165, 1.54) is 23.0 Å². The van der Waals surface area contributed by atoms with Crippen molar-refractivity contribution in [1.29, 1.82) is 0 Å². The second-order valence-corrected chi connectivity index (χ2v) is 8.67. The predicted molar refractivity (Wildman–Crippen MR) is 130 cm³/mol. The van der Waals surface area contributed by atoms with Crippen LogP contribution in [0.2, 0.25) is 0 Å². The lowest BCUT2D eigenvalue weighted by atomic mass is 9.98. The first kappa shape index (κ1) is 22.5. The smallest absolute Gasteiger partial charge is 0.349 e. The number of fused-ring (bicyclic) bond motifs is 1. The minimum Gasteiger partial charge on any atom is -0.462 e. The lowest BCUT2D eigenvalue weighted by Crippen LogP contribution is -2.21. The molecule has 0 saturated carbocycles. The van der Waals surface area contributed by atoms with Crippen molar-refractivity contribution in [3.8, 4) is 11.1 Å². The molecule has 4 aromatic rings. The second-order valence-electron chi connectivity index (χ2n) is 7.79. The zero-order valence-electron chi connectivity index (χ0n) is 18.5. The number of nitrogens with one attached hydrogen (secondary N) is 1. The van der Waals surface area contributed by atoms with Gasteiger partial charge in [0.2, 0.25) is 0 Å². The van der Waals surface area contributed by atoms with Crippen molar-refractivity contribution in [3.05, 3.63) is 87.1 Å². The predicted octanol–water partition coefficient (Wildman–Crippen LogP) is 6.07. The fraction of sp³-hybridized carbons (Fsp3) is 0.192. The van der Waals surface area contributed by atoms with E-state index in [1.54, 1.807) is 36.6 Å². The third-order valence-electron chi connectivity index (χ3n) is 5.27. The van der Waals surface area contributed by atoms with Crippen LogP contribution < -0.4 is 10.9 Å². The van der Waals surface area contributed by atoms with Crippen molar-refractivity contribution in [3.63, 3.8) is 0 Å². The van der Waals surface area contributed by atoms with E-state index in [9.17, 15) is 14.4 Å². The molecule has 0 atom stereocenters. The molecule has 0 fully saturated rings. The van der Waals surface area contributed by atoms with Crippen molar-refractivity contribution < 1.29 is 18.7 Å². The van der Waals surface area contributed by atoms with Gasteiger partial charge >= 0.3 is 11.6 Å². The van der Waals surface area contributed by atoms with Crippen molar-refractivity contribution in [1.82, 2.24) is 0 Å². The van der Waals surface area contributed by atoms with Crippen LogP contribution in [0, 0.1) is 0 Å². The first-order chi connectivity index (χ1) is 15.9. The number of rotatable bonds is 6. The lowest BCUT2D eigenvalue weighted by Gasteiger charge is -2.10. The van der Waals surface area contributed by atoms with Crippen LogP contribution in [0.5, 0.6) is 0 Å². The van der Waals surface area contributed by atoms with E-state index >= 15 is 0 Å². The van der Waals surface area contributed by atoms with E-state index in [-0.39, 0.29) is 17.7 Å². The van der Waals surface area contributed by atoms with Crippen molar-refractivity contribution in [2.45, 2.75) is 26.7 Å². The summed E-state index contributed by atoms with van der Waals surface area (Å²) in [5, 5.41) is 5.45. The summed E-state index contributed by atoms with van der Waals surface area (Å²) >= 11 is 1.20. The van der Waals surface area contributed by atoms with Gasteiger partial charge in [0.05, 0.1) is 6.61 Å². The Balaban J connectivity index is 1.72. The van der Waals surface area contributed by atoms with Gasteiger partial charge in [0.15, 0.2) is 0 Å². The minimum absolute atomic E-state index is 0.139. The van der Waals surface area contributed by atoms with Crippen molar-refractivity contribution >= 4 is 39.2 Å². The number of thiophene rings is 1. The molecular weight excluding hydrogens is 438 g/mol. The highest BCUT2D eigenvalue weighted by Gasteiger charge is 2.24. The molecule has 0 unspecified atom stereocenters. The number of esters is 1. The zero-order valence-corrected chi connectivity index (χ0v) is 19.3. The Morgan fingerprint density at radius 1 is 1.09 bits per heavy atom. The molecule has 4 rings (SSSR count). The Labute approximate surface area is 194 Å². The molecule has 0 saturated heterocycles. The lowest BCUT2D eigenvalue weighted by molar-refractivity contribution is 0.0529. The first-order valence-electron chi connectivity index (χ1n) is 10.6. The maximum absolute atomic E-state index is 13.0. The largest absolute Gasteiger partial charge is 0.462 e. The van der Waals surface area contributed by atoms with Crippen LogP contribution in [-0.4, -0.2) is 18.5 Å². The number of carbonyl (C=O) groups excluding carboxylic acids is 2. The van der Waals surface area contributed by atoms with Gasteiger partial charge in [0, 0.05) is 16.3 Å². The average Bonchev–Trinajstić information content (AvgIpc) is 3.22. The number of anilines is 1. The molecule has 168 valence electrons. The van der Waals surface area contributed by atoms with Crippen molar-refractivity contribution in [2.75, 3.05) is 11.9 Å². The van der Waals surface area contributed by atoms with Crippen LogP contribution in [0.15, 0.2) is 69.2 Å². The topological polar surface area (TPSA) is 85.6 Å². The summed E-state index contributed by atoms with van der Waals surface area (Å²) in [5.74, 6) is -0.805. The third kappa shape index (κ3) is 4.59. The molecule has 6 nitrogen and oxygen atoms in total. The van der Waals surface area contributed by atoms with Crippen LogP contribution in [0.4, 0.5) is 5.00 Å². The first-order valence-corrected chi connectivity index (χ1v) is 11.5. The average molecular weight is 462 g/mol. The summed E-state index contributed by atoms with van der Waals surface area (Å²) in [7, 11) is 0. The highest BCUT2D eigenvalue weighted by Crippen LogP contribution is 2.37. The molecule has 0 aliphatic carbocycles. The van der Waals surface area contributed by atoms with E-state index in [2.05, 4.69) is 19.2 Å². The summed E-state index contributed by atoms with van der Waals surface area (Å²) in [6.07, 6.45) is 0. The maximum atomic E-state index is 13.0. The molecular formula is C26H23NO5S. The van der Waals surface area contributed by atoms with E-state index in [0.717, 1.165) is 5.56 Å². The van der Waals surface area contributed by atoms with Crippen molar-refractivity contribution in [2.24, 2.45) is 0 Å². The van der Waals surface area contributed by atoms with Gasteiger partial charge in [0.1, 0.15) is 21.7 Å². The number of amides is 1. The summed E-state index contributed by atoms with van der Waals surface area (Å²) in [6, 6.07) is 16.4. The van der Waals surface area contributed by atoms with Crippen LogP contribution in [0.25, 0.3) is 22.1 Å². The number of hydrogen-bond donors (Lipinski definition) is 1. The van der Waals surface area contributed by atoms with E-state index < -0.39 is 17.5 Å². The van der Waals surface area contributed by atoms with Gasteiger partial charge in [-0.05, 0) is 36.1 Å². The molecule has 2 heterocycles. The highest BCUT2D eigenvalue weighted by molar-refractivity contribution is 7.15. The number of benzene rings is 2. The summed E-state index contributed by atoms with van der Waals surface area (Å²) < 4.78 is 10.5. The van der Waals surface area contributed by atoms with Gasteiger partial charge in [-0.1, -0.05) is 56.3 Å². The molecule has 0 aliphatic heterocycles. The van der Waals surface area contributed by atoms with Gasteiger partial charge in [-0.15, -0.1) is 11.3 Å². The zero-order chi connectivity index (χ0) is 23.5. The Morgan fingerprint density at radius 2 is 1.82 bits per heavy atom. The van der Waals surface area contributed by atoms with Crippen LogP contribution in [-0.2, 0) is 4.74 Å². The molecule has 2 aromatic carbocycles. The molecule has 0 bridgehead atoms. The quantitative estimate of drug-likeness (QED) is 0.278. The Morgan fingerprint density at radius 3 is 2.52 bits per heavy atom. The third-order valence-corrected chi connectivity index (χ3v) is 6.17. The number of carbonyl (C=O) groups is 2. The molecule has 0 aliphatic rings. The Hall–Kier alpha value is -3.71. The summed E-state index contributed by atoms with van der Waals surface area (Å²) in [4.78, 5) is 38.2. The normalized spacial score (nSPS) is 11.0. The number of para-hydroxylation sites is 1. The minimum atomic E-state index is -0.745. The standard InChI is InChI=1S/C26H23NO5S/c1-4-31-26(30)22-20(17-11-9-16(10-12-17)15(2)3)14-33-24(22)27-23(28)19-13-18-7-5-6-8-21(18)32-25(19)29/h5-15H,4H2,1-3H3,(H,27,28). The fourth-order valence-electron chi connectivity index (χ4n) is 3.51. The van der Waals surface area contributed by atoms with Gasteiger partial charge in [-0.3, -0.25) is 4.79 Å². The van der Waals surface area contributed by atoms with Crippen LogP contribution >= 0.6 is 11.3 Å². The molecule has 7 heteroatoms. The van der Waals surface area contributed by atoms with Gasteiger partial charge in [0.25, 0.3) is 5.91 Å². The van der Waals surface area contributed by atoms with Gasteiger partial charge in [-0.25, -0.2) is 9.59 Å². The molecule has 0 radical (unpaired) electrons. The van der Waals surface area contributed by atoms with E-state index in [0.29, 0.717) is 27.5 Å². The SMILES string of the molecule is CCOC(=O)c1c(-c2ccc(C(C)C)cc2)csc1NC(=O)c1cc2ccccc2oc1=O. The highest BCUT2D eigenvalue weighted by atomic mass is 32.1. The Bertz CT molecular complexity index is 1380. The van der Waals surface area contributed by atoms with Crippen LogP contribution in [0.1, 0.15) is 53.0 Å². The monoisotopic (exact) mass is 461 g/mol. The molecule has 1 amide bonds. The molecule has 2 aromatic heterocycles. The number of ether oxygens (including phenoxy) is 1. The fourth-order valence-corrected chi connectivity index (χ4v) is 4.46. The van der Waals surface area contributed by atoms with Gasteiger partial charge in [-0.2, -0.15) is 0 Å². The van der Waals surface area contributed by atoms with Crippen LogP contribution in [0.3, 0.4) is 0 Å². The number of hydrogen-bond acceptors (Lipinski definition) is 6. The molecule has 0 spiro atoms. The Kier molecular flexibility index (Phi) is 6.42. The van der Waals surface area contributed by atoms with E-state index in [4.69, 9.17) is 9.15 Å². The molecule has 33 heavy (non-hydrogen) atoms. The van der Waals surface area contributed by atoms with Gasteiger partial charge < -0.3 is 14.5 Å². The second kappa shape index (κ2) is 9.42. The summed E-state index contributed by atoms with van der Waals surface area (Å²) in [5.41, 5.74) is 2.46. The molecule has 1 N–H and O–H groups in total. The maximum Gasteiger partial charge on any atom is 0.349 e.